The molecule has 0 aromatic carbocycles. The van der Waals surface area contributed by atoms with Gasteiger partial charge in [0.05, 0.1) is 19.6 Å². The number of halogens is 1. The Morgan fingerprint density at radius 2 is 1.52 bits per heavy atom. The molecule has 0 spiro atoms. The minimum absolute atomic E-state index is 0.356. The first-order valence-corrected chi connectivity index (χ1v) is 6.23. The minimum Gasteiger partial charge on any atom is -0.478 e. The lowest BCUT2D eigenvalue weighted by Gasteiger charge is -1.95. The molecule has 4 aromatic rings. The van der Waals surface area contributed by atoms with E-state index in [2.05, 4.69) is 19.9 Å². The lowest BCUT2D eigenvalue weighted by molar-refractivity contribution is 0.393. The Morgan fingerprint density at radius 3 is 2.19 bits per heavy atom. The second-order valence-electron chi connectivity index (χ2n) is 3.82. The first-order chi connectivity index (χ1) is 10.3. The van der Waals surface area contributed by atoms with Crippen molar-refractivity contribution in [2.75, 3.05) is 7.11 Å². The summed E-state index contributed by atoms with van der Waals surface area (Å²) in [6, 6.07) is 3.50. The van der Waals surface area contributed by atoms with Crippen molar-refractivity contribution in [3.05, 3.63) is 42.5 Å². The summed E-state index contributed by atoms with van der Waals surface area (Å²) in [6.45, 7) is 0. The molecule has 4 heterocycles. The van der Waals surface area contributed by atoms with Crippen LogP contribution in [0.25, 0.3) is 22.2 Å². The molecule has 4 rings (SSSR count). The standard InChI is InChI=1S/C7H6N2O2.C6H3ClN2O/c1-10-7-6-5(2-3-11-6)8-4-9-7;7-6-5-4(1-2-10-5)8-3-9-6/h2-4H,1H3;1-3H. The molecule has 0 aliphatic rings. The van der Waals surface area contributed by atoms with Crippen molar-refractivity contribution >= 4 is 33.8 Å². The number of hydrogen-bond acceptors (Lipinski definition) is 7. The summed E-state index contributed by atoms with van der Waals surface area (Å²) < 4.78 is 15.0. The molecule has 0 saturated heterocycles. The topological polar surface area (TPSA) is 87.1 Å². The molecule has 4 aromatic heterocycles. The molecule has 0 N–H and O–H groups in total. The normalized spacial score (nSPS) is 10.4. The van der Waals surface area contributed by atoms with Gasteiger partial charge in [0.2, 0.25) is 5.58 Å². The lowest BCUT2D eigenvalue weighted by atomic mass is 10.5. The van der Waals surface area contributed by atoms with E-state index in [1.807, 2.05) is 0 Å². The zero-order valence-corrected chi connectivity index (χ0v) is 11.6. The Hall–Kier alpha value is -2.67. The van der Waals surface area contributed by atoms with Crippen LogP contribution in [-0.4, -0.2) is 27.0 Å². The Morgan fingerprint density at radius 1 is 0.905 bits per heavy atom. The maximum absolute atomic E-state index is 5.65. The quantitative estimate of drug-likeness (QED) is 0.499. The number of hydrogen-bond donors (Lipinski definition) is 0. The fraction of sp³-hybridized carbons (Fsp3) is 0.0769. The average molecular weight is 305 g/mol. The van der Waals surface area contributed by atoms with Gasteiger partial charge in [-0.25, -0.2) is 15.0 Å². The number of furan rings is 2. The summed E-state index contributed by atoms with van der Waals surface area (Å²) in [5.41, 5.74) is 2.64. The summed E-state index contributed by atoms with van der Waals surface area (Å²) in [7, 11) is 1.55. The molecule has 7 nitrogen and oxygen atoms in total. The van der Waals surface area contributed by atoms with E-state index >= 15 is 0 Å². The highest BCUT2D eigenvalue weighted by atomic mass is 35.5. The summed E-state index contributed by atoms with van der Waals surface area (Å²) >= 11 is 5.65. The number of methoxy groups -OCH3 is 1. The number of rotatable bonds is 1. The van der Waals surface area contributed by atoms with E-state index in [4.69, 9.17) is 25.2 Å². The van der Waals surface area contributed by atoms with Gasteiger partial charge < -0.3 is 13.6 Å². The lowest BCUT2D eigenvalue weighted by Crippen LogP contribution is -1.87. The molecule has 0 amide bonds. The Bertz CT molecular complexity index is 874. The summed E-state index contributed by atoms with van der Waals surface area (Å²) in [5.74, 6) is 0.472. The van der Waals surface area contributed by atoms with E-state index < -0.39 is 0 Å². The van der Waals surface area contributed by atoms with Crippen LogP contribution in [-0.2, 0) is 0 Å². The number of aromatic nitrogens is 4. The zero-order valence-electron chi connectivity index (χ0n) is 10.9. The molecule has 8 heteroatoms. The van der Waals surface area contributed by atoms with E-state index in [0.717, 1.165) is 11.0 Å². The zero-order chi connectivity index (χ0) is 14.7. The second kappa shape index (κ2) is 5.76. The van der Waals surface area contributed by atoms with E-state index in [1.54, 1.807) is 25.5 Å². The third kappa shape index (κ3) is 2.63. The molecule has 106 valence electrons. The fourth-order valence-electron chi connectivity index (χ4n) is 1.67. The number of fused-ring (bicyclic) bond motifs is 2. The largest absolute Gasteiger partial charge is 0.478 e. The van der Waals surface area contributed by atoms with E-state index in [9.17, 15) is 0 Å². The van der Waals surface area contributed by atoms with Gasteiger partial charge in [-0.2, -0.15) is 4.98 Å². The molecule has 0 aliphatic carbocycles. The van der Waals surface area contributed by atoms with Gasteiger partial charge in [0.25, 0.3) is 5.88 Å². The molecule has 0 aliphatic heterocycles. The van der Waals surface area contributed by atoms with Crippen LogP contribution < -0.4 is 4.74 Å². The Kier molecular flexibility index (Phi) is 3.65. The smallest absolute Gasteiger partial charge is 0.261 e. The third-order valence-corrected chi connectivity index (χ3v) is 2.87. The molecule has 0 fully saturated rings. The van der Waals surface area contributed by atoms with Crippen molar-refractivity contribution in [2.24, 2.45) is 0 Å². The minimum atomic E-state index is 0.356. The van der Waals surface area contributed by atoms with Crippen molar-refractivity contribution in [3.8, 4) is 5.88 Å². The van der Waals surface area contributed by atoms with Crippen LogP contribution in [0.2, 0.25) is 5.15 Å². The molecule has 0 radical (unpaired) electrons. The molecule has 0 saturated carbocycles. The Balaban J connectivity index is 0.000000126. The van der Waals surface area contributed by atoms with Gasteiger partial charge in [-0.1, -0.05) is 11.6 Å². The predicted octanol–water partition coefficient (Wildman–Crippen LogP) is 3.11. The number of nitrogens with zero attached hydrogens (tertiary/aromatic N) is 4. The van der Waals surface area contributed by atoms with Crippen LogP contribution in [0.1, 0.15) is 0 Å². The maximum atomic E-state index is 5.65. The van der Waals surface area contributed by atoms with Gasteiger partial charge >= 0.3 is 0 Å². The van der Waals surface area contributed by atoms with Crippen molar-refractivity contribution in [1.82, 2.24) is 19.9 Å². The van der Waals surface area contributed by atoms with Crippen LogP contribution in [0.5, 0.6) is 5.88 Å². The van der Waals surface area contributed by atoms with Gasteiger partial charge in [-0.3, -0.25) is 0 Å². The van der Waals surface area contributed by atoms with Gasteiger partial charge in [0, 0.05) is 12.1 Å². The van der Waals surface area contributed by atoms with E-state index in [-0.39, 0.29) is 0 Å². The second-order valence-corrected chi connectivity index (χ2v) is 4.18. The summed E-state index contributed by atoms with van der Waals surface area (Å²) in [6.07, 6.45) is 5.93. The van der Waals surface area contributed by atoms with Crippen molar-refractivity contribution in [1.29, 1.82) is 0 Å². The summed E-state index contributed by atoms with van der Waals surface area (Å²) in [4.78, 5) is 15.5. The van der Waals surface area contributed by atoms with Crippen LogP contribution in [0.15, 0.2) is 46.1 Å². The Labute approximate surface area is 123 Å². The molecule has 0 unspecified atom stereocenters. The SMILES string of the molecule is COc1ncnc2ccoc12.Clc1ncnc2ccoc12. The first kappa shape index (κ1) is 13.3. The highest BCUT2D eigenvalue weighted by Crippen LogP contribution is 2.20. The van der Waals surface area contributed by atoms with Crippen LogP contribution in [0.3, 0.4) is 0 Å². The van der Waals surface area contributed by atoms with E-state index in [1.165, 1.54) is 18.9 Å². The van der Waals surface area contributed by atoms with Crippen LogP contribution in [0, 0.1) is 0 Å². The van der Waals surface area contributed by atoms with Crippen molar-refractivity contribution in [2.45, 2.75) is 0 Å². The third-order valence-electron chi connectivity index (χ3n) is 2.60. The summed E-state index contributed by atoms with van der Waals surface area (Å²) in [5, 5.41) is 0.356. The number of ether oxygens (including phenoxy) is 1. The van der Waals surface area contributed by atoms with Crippen molar-refractivity contribution in [3.63, 3.8) is 0 Å². The van der Waals surface area contributed by atoms with Crippen LogP contribution >= 0.6 is 11.6 Å². The fourth-order valence-corrected chi connectivity index (χ4v) is 1.86. The maximum Gasteiger partial charge on any atom is 0.261 e. The first-order valence-electron chi connectivity index (χ1n) is 5.85. The highest BCUT2D eigenvalue weighted by Gasteiger charge is 2.04. The van der Waals surface area contributed by atoms with Gasteiger partial charge in [-0.15, -0.1) is 0 Å². The molecular formula is C13H9ClN4O3. The van der Waals surface area contributed by atoms with Gasteiger partial charge in [-0.05, 0) is 0 Å². The van der Waals surface area contributed by atoms with Crippen LogP contribution in [0.4, 0.5) is 0 Å². The van der Waals surface area contributed by atoms with E-state index in [0.29, 0.717) is 22.2 Å². The molecule has 21 heavy (non-hydrogen) atoms. The van der Waals surface area contributed by atoms with Crippen molar-refractivity contribution < 1.29 is 13.6 Å². The molecular weight excluding hydrogens is 296 g/mol. The van der Waals surface area contributed by atoms with Gasteiger partial charge in [0.15, 0.2) is 10.7 Å². The monoisotopic (exact) mass is 304 g/mol. The average Bonchev–Trinajstić information content (AvgIpc) is 3.16. The highest BCUT2D eigenvalue weighted by molar-refractivity contribution is 6.33. The predicted molar refractivity (Wildman–Crippen MR) is 75.2 cm³/mol. The molecule has 0 bridgehead atoms. The van der Waals surface area contributed by atoms with Gasteiger partial charge in [0.1, 0.15) is 23.7 Å². The molecule has 0 atom stereocenters.